The summed E-state index contributed by atoms with van der Waals surface area (Å²) in [5.74, 6) is 1.85. The Balaban J connectivity index is 1.57. The zero-order valence-corrected chi connectivity index (χ0v) is 15.9. The summed E-state index contributed by atoms with van der Waals surface area (Å²) in [7, 11) is 0. The molecule has 1 aromatic heterocycles. The van der Waals surface area contributed by atoms with E-state index in [1.54, 1.807) is 0 Å². The molecule has 7 nitrogen and oxygen atoms in total. The van der Waals surface area contributed by atoms with E-state index in [2.05, 4.69) is 33.7 Å². The number of ether oxygens (including phenoxy) is 2. The van der Waals surface area contributed by atoms with E-state index in [9.17, 15) is 4.79 Å². The molecule has 0 saturated heterocycles. The minimum Gasteiger partial charge on any atom is -0.486 e. The average molecular weight is 388 g/mol. The molecular formula is C22H20N4O3. The van der Waals surface area contributed by atoms with E-state index < -0.39 is 0 Å². The quantitative estimate of drug-likeness (QED) is 0.739. The van der Waals surface area contributed by atoms with Gasteiger partial charge in [-0.15, -0.1) is 0 Å². The van der Waals surface area contributed by atoms with Gasteiger partial charge < -0.3 is 19.4 Å². The molecule has 7 heteroatoms. The van der Waals surface area contributed by atoms with Crippen LogP contribution in [-0.2, 0) is 6.42 Å². The van der Waals surface area contributed by atoms with E-state index in [1.165, 1.54) is 5.56 Å². The Morgan fingerprint density at radius 1 is 1.10 bits per heavy atom. The largest absolute Gasteiger partial charge is 0.486 e. The number of aryl methyl sites for hydroxylation is 1. The highest BCUT2D eigenvalue weighted by molar-refractivity contribution is 5.79. The number of aromatic nitrogens is 2. The second kappa shape index (κ2) is 7.09. The SMILES string of the molecule is C=c1nc2c(c(=O)[nH]1)=Nc1cc3c(cc1N2CCCc1ccccc1)OCCO3. The van der Waals surface area contributed by atoms with Gasteiger partial charge in [-0.1, -0.05) is 36.9 Å². The number of H-pyrrole nitrogens is 1. The van der Waals surface area contributed by atoms with Gasteiger partial charge in [0, 0.05) is 18.7 Å². The molecule has 3 heterocycles. The Morgan fingerprint density at radius 3 is 2.66 bits per heavy atom. The Labute approximate surface area is 167 Å². The van der Waals surface area contributed by atoms with Crippen molar-refractivity contribution in [3.05, 3.63) is 69.2 Å². The summed E-state index contributed by atoms with van der Waals surface area (Å²) in [6, 6.07) is 14.1. The molecule has 2 aromatic carbocycles. The van der Waals surface area contributed by atoms with Gasteiger partial charge in [-0.25, -0.2) is 9.98 Å². The molecular weight excluding hydrogens is 368 g/mol. The summed E-state index contributed by atoms with van der Waals surface area (Å²) in [5.41, 5.74) is 2.82. The second-order valence-electron chi connectivity index (χ2n) is 7.02. The van der Waals surface area contributed by atoms with Crippen molar-refractivity contribution in [1.29, 1.82) is 0 Å². The van der Waals surface area contributed by atoms with Gasteiger partial charge in [0.2, 0.25) is 0 Å². The summed E-state index contributed by atoms with van der Waals surface area (Å²) in [6.07, 6.45) is 1.81. The lowest BCUT2D eigenvalue weighted by Gasteiger charge is -2.29. The van der Waals surface area contributed by atoms with Crippen LogP contribution < -0.4 is 30.8 Å². The van der Waals surface area contributed by atoms with Crippen LogP contribution in [0, 0.1) is 0 Å². The van der Waals surface area contributed by atoms with Gasteiger partial charge in [-0.2, -0.15) is 0 Å². The van der Waals surface area contributed by atoms with Crippen LogP contribution in [0.2, 0.25) is 0 Å². The van der Waals surface area contributed by atoms with Gasteiger partial charge in [0.25, 0.3) is 5.56 Å². The van der Waals surface area contributed by atoms with Crippen molar-refractivity contribution in [3.63, 3.8) is 0 Å². The maximum absolute atomic E-state index is 12.5. The maximum Gasteiger partial charge on any atom is 0.279 e. The fourth-order valence-corrected chi connectivity index (χ4v) is 3.71. The van der Waals surface area contributed by atoms with Crippen LogP contribution in [-0.4, -0.2) is 29.7 Å². The maximum atomic E-state index is 12.5. The molecule has 5 rings (SSSR count). The monoisotopic (exact) mass is 388 g/mol. The molecule has 29 heavy (non-hydrogen) atoms. The van der Waals surface area contributed by atoms with Crippen LogP contribution in [0.3, 0.4) is 0 Å². The molecule has 1 N–H and O–H groups in total. The molecule has 0 atom stereocenters. The number of aromatic amines is 1. The Kier molecular flexibility index (Phi) is 4.27. The van der Waals surface area contributed by atoms with Crippen molar-refractivity contribution < 1.29 is 9.47 Å². The van der Waals surface area contributed by atoms with E-state index in [-0.39, 0.29) is 5.56 Å². The molecule has 3 aromatic rings. The summed E-state index contributed by atoms with van der Waals surface area (Å²) in [4.78, 5) is 26.2. The molecule has 146 valence electrons. The van der Waals surface area contributed by atoms with Gasteiger partial charge in [-0.05, 0) is 18.4 Å². The highest BCUT2D eigenvalue weighted by atomic mass is 16.6. The standard InChI is InChI=1S/C22H20N4O3/c1-14-23-21-20(22(27)24-14)25-16-12-18-19(29-11-10-28-18)13-17(16)26(21)9-5-8-15-6-3-2-4-7-15/h2-4,6-7,12-13H,1,5,8-11H2,(H,24,27). The van der Waals surface area contributed by atoms with Crippen LogP contribution in [0.25, 0.3) is 6.58 Å². The number of anilines is 2. The lowest BCUT2D eigenvalue weighted by atomic mass is 10.1. The van der Waals surface area contributed by atoms with Crippen LogP contribution >= 0.6 is 0 Å². The molecule has 0 amide bonds. The van der Waals surface area contributed by atoms with Crippen molar-refractivity contribution in [1.82, 2.24) is 9.97 Å². The summed E-state index contributed by atoms with van der Waals surface area (Å²) >= 11 is 0. The topological polar surface area (TPSA) is 79.8 Å². The third-order valence-corrected chi connectivity index (χ3v) is 5.03. The van der Waals surface area contributed by atoms with Crippen molar-refractivity contribution in [3.8, 4) is 11.5 Å². The third kappa shape index (κ3) is 3.24. The summed E-state index contributed by atoms with van der Waals surface area (Å²) < 4.78 is 11.4. The third-order valence-electron chi connectivity index (χ3n) is 5.03. The van der Waals surface area contributed by atoms with E-state index in [0.717, 1.165) is 18.5 Å². The molecule has 0 bridgehead atoms. The van der Waals surface area contributed by atoms with Gasteiger partial charge in [-0.3, -0.25) is 4.79 Å². The van der Waals surface area contributed by atoms with Crippen molar-refractivity contribution in [2.24, 2.45) is 4.99 Å². The first-order valence-electron chi connectivity index (χ1n) is 9.62. The minimum atomic E-state index is -0.298. The molecule has 2 aliphatic heterocycles. The fraction of sp³-hybridized carbons (Fsp3) is 0.227. The lowest BCUT2D eigenvalue weighted by Crippen LogP contribution is -2.42. The first kappa shape index (κ1) is 17.5. The predicted molar refractivity (Wildman–Crippen MR) is 110 cm³/mol. The fourth-order valence-electron chi connectivity index (χ4n) is 3.71. The predicted octanol–water partition coefficient (Wildman–Crippen LogP) is 1.99. The number of rotatable bonds is 4. The Hall–Kier alpha value is -3.61. The Bertz CT molecular complexity index is 1240. The van der Waals surface area contributed by atoms with Crippen molar-refractivity contribution >= 4 is 23.8 Å². The first-order valence-corrected chi connectivity index (χ1v) is 9.62. The van der Waals surface area contributed by atoms with Crippen molar-refractivity contribution in [2.75, 3.05) is 24.7 Å². The smallest absolute Gasteiger partial charge is 0.279 e. The molecule has 0 spiro atoms. The zero-order chi connectivity index (χ0) is 19.8. The van der Waals surface area contributed by atoms with Crippen LogP contribution in [0.15, 0.2) is 52.3 Å². The molecule has 0 fully saturated rings. The van der Waals surface area contributed by atoms with E-state index >= 15 is 0 Å². The number of fused-ring (bicyclic) bond motifs is 3. The number of hydrogen-bond donors (Lipinski definition) is 1. The van der Waals surface area contributed by atoms with E-state index in [4.69, 9.17) is 9.47 Å². The molecule has 2 aliphatic rings. The van der Waals surface area contributed by atoms with E-state index in [1.807, 2.05) is 35.2 Å². The van der Waals surface area contributed by atoms with Gasteiger partial charge in [0.15, 0.2) is 22.7 Å². The average Bonchev–Trinajstić information content (AvgIpc) is 2.73. The number of benzene rings is 2. The normalized spacial score (nSPS) is 14.0. The second-order valence-corrected chi connectivity index (χ2v) is 7.02. The summed E-state index contributed by atoms with van der Waals surface area (Å²) in [5, 5.41) is 0.293. The highest BCUT2D eigenvalue weighted by Crippen LogP contribution is 2.43. The number of hydrogen-bond acceptors (Lipinski definition) is 6. The first-order chi connectivity index (χ1) is 14.2. The Morgan fingerprint density at radius 2 is 1.86 bits per heavy atom. The highest BCUT2D eigenvalue weighted by Gasteiger charge is 2.26. The lowest BCUT2D eigenvalue weighted by molar-refractivity contribution is 0.171. The zero-order valence-electron chi connectivity index (χ0n) is 15.9. The molecule has 0 unspecified atom stereocenters. The molecule has 0 radical (unpaired) electrons. The van der Waals surface area contributed by atoms with Crippen LogP contribution in [0.4, 0.5) is 17.2 Å². The van der Waals surface area contributed by atoms with Gasteiger partial charge >= 0.3 is 0 Å². The number of nitrogens with zero attached hydrogens (tertiary/aromatic N) is 3. The molecule has 0 aliphatic carbocycles. The van der Waals surface area contributed by atoms with E-state index in [0.29, 0.717) is 53.6 Å². The van der Waals surface area contributed by atoms with Crippen molar-refractivity contribution in [2.45, 2.75) is 12.8 Å². The molecule has 0 saturated carbocycles. The minimum absolute atomic E-state index is 0.293. The van der Waals surface area contributed by atoms with Crippen LogP contribution in [0.1, 0.15) is 12.0 Å². The van der Waals surface area contributed by atoms with Crippen LogP contribution in [0.5, 0.6) is 11.5 Å². The summed E-state index contributed by atoms with van der Waals surface area (Å²) in [6.45, 7) is 5.48. The number of nitrogens with one attached hydrogen (secondary N) is 1. The van der Waals surface area contributed by atoms with Gasteiger partial charge in [0.05, 0.1) is 11.4 Å². The van der Waals surface area contributed by atoms with Gasteiger partial charge in [0.1, 0.15) is 18.7 Å².